The fourth-order valence-corrected chi connectivity index (χ4v) is 3.73. The molecule has 0 fully saturated rings. The second-order valence-corrected chi connectivity index (χ2v) is 7.18. The second-order valence-electron chi connectivity index (χ2n) is 5.99. The van der Waals surface area contributed by atoms with Gasteiger partial charge in [0.05, 0.1) is 25.2 Å². The van der Waals surface area contributed by atoms with E-state index in [2.05, 4.69) is 10.3 Å². The summed E-state index contributed by atoms with van der Waals surface area (Å²) in [6, 6.07) is 11.2. The quantitative estimate of drug-likeness (QED) is 0.545. The number of anilines is 1. The van der Waals surface area contributed by atoms with E-state index in [-0.39, 0.29) is 17.8 Å². The summed E-state index contributed by atoms with van der Waals surface area (Å²) < 4.78 is 10.1. The molecular weight excluding hydrogens is 398 g/mol. The normalized spacial score (nSPS) is 15.6. The number of benzene rings is 2. The van der Waals surface area contributed by atoms with Gasteiger partial charge in [0.25, 0.3) is 11.6 Å². The molecule has 150 valence electrons. The molecule has 0 saturated carbocycles. The summed E-state index contributed by atoms with van der Waals surface area (Å²) in [4.78, 5) is 39.2. The standard InChI is InChI=1S/C19H17N3O6S/c1-27-12-5-3-4-11(8-12)19-21-18(24)16(29-19)10-17(23)20-14-7-6-13(28-2)9-15(14)22(25)26/h3-9,16H,10H2,1-2H3,(H,20,23). The Hall–Kier alpha value is -3.40. The van der Waals surface area contributed by atoms with Gasteiger partial charge < -0.3 is 14.8 Å². The number of aliphatic imine (C=N–C) groups is 1. The monoisotopic (exact) mass is 415 g/mol. The van der Waals surface area contributed by atoms with Gasteiger partial charge in [-0.3, -0.25) is 19.7 Å². The van der Waals surface area contributed by atoms with Crippen molar-refractivity contribution in [1.29, 1.82) is 0 Å². The number of nitrogens with zero attached hydrogens (tertiary/aromatic N) is 2. The van der Waals surface area contributed by atoms with Crippen LogP contribution in [-0.4, -0.2) is 41.3 Å². The molecule has 0 radical (unpaired) electrons. The number of methoxy groups -OCH3 is 2. The maximum atomic E-state index is 12.4. The van der Waals surface area contributed by atoms with Crippen molar-refractivity contribution >= 4 is 40.0 Å². The number of rotatable bonds is 7. The first-order valence-corrected chi connectivity index (χ1v) is 9.35. The molecule has 0 saturated heterocycles. The smallest absolute Gasteiger partial charge is 0.296 e. The highest BCUT2D eigenvalue weighted by atomic mass is 32.2. The summed E-state index contributed by atoms with van der Waals surface area (Å²) in [7, 11) is 2.93. The zero-order valence-corrected chi connectivity index (χ0v) is 16.4. The Kier molecular flexibility index (Phi) is 6.13. The van der Waals surface area contributed by atoms with Crippen LogP contribution in [0.4, 0.5) is 11.4 Å². The molecule has 10 heteroatoms. The van der Waals surface area contributed by atoms with Gasteiger partial charge in [-0.2, -0.15) is 0 Å². The molecule has 2 amide bonds. The minimum absolute atomic E-state index is 0.0326. The Labute approximate surface area is 170 Å². The molecule has 1 N–H and O–H groups in total. The number of hydrogen-bond donors (Lipinski definition) is 1. The van der Waals surface area contributed by atoms with Crippen molar-refractivity contribution in [2.24, 2.45) is 4.99 Å². The fourth-order valence-electron chi connectivity index (χ4n) is 2.67. The van der Waals surface area contributed by atoms with E-state index in [1.807, 2.05) is 0 Å². The van der Waals surface area contributed by atoms with Gasteiger partial charge in [-0.1, -0.05) is 23.9 Å². The van der Waals surface area contributed by atoms with E-state index in [4.69, 9.17) is 9.47 Å². The third-order valence-electron chi connectivity index (χ3n) is 4.10. The zero-order chi connectivity index (χ0) is 21.0. The van der Waals surface area contributed by atoms with Crippen LogP contribution in [0.15, 0.2) is 47.5 Å². The van der Waals surface area contributed by atoms with E-state index in [1.165, 1.54) is 37.1 Å². The molecule has 1 aliphatic heterocycles. The number of amides is 2. The minimum Gasteiger partial charge on any atom is -0.497 e. The highest BCUT2D eigenvalue weighted by Crippen LogP contribution is 2.32. The Morgan fingerprint density at radius 1 is 1.21 bits per heavy atom. The van der Waals surface area contributed by atoms with Gasteiger partial charge in [-0.25, -0.2) is 4.99 Å². The highest BCUT2D eigenvalue weighted by molar-refractivity contribution is 8.16. The molecule has 2 aromatic carbocycles. The first kappa shape index (κ1) is 20.3. The Morgan fingerprint density at radius 2 is 1.93 bits per heavy atom. The van der Waals surface area contributed by atoms with Gasteiger partial charge in [-0.05, 0) is 24.3 Å². The first-order chi connectivity index (χ1) is 13.9. The molecule has 9 nitrogen and oxygen atoms in total. The van der Waals surface area contributed by atoms with Crippen LogP contribution in [0.1, 0.15) is 12.0 Å². The van der Waals surface area contributed by atoms with Crippen molar-refractivity contribution in [3.05, 3.63) is 58.1 Å². The summed E-state index contributed by atoms with van der Waals surface area (Å²) in [5.74, 6) is -0.0165. The maximum Gasteiger partial charge on any atom is 0.296 e. The number of carbonyl (C=O) groups is 2. The Balaban J connectivity index is 1.68. The van der Waals surface area contributed by atoms with Crippen molar-refractivity contribution < 1.29 is 24.0 Å². The lowest BCUT2D eigenvalue weighted by molar-refractivity contribution is -0.384. The number of nitro benzene ring substituents is 1. The van der Waals surface area contributed by atoms with E-state index >= 15 is 0 Å². The Bertz CT molecular complexity index is 1010. The van der Waals surface area contributed by atoms with Crippen molar-refractivity contribution in [3.63, 3.8) is 0 Å². The third kappa shape index (κ3) is 4.72. The predicted molar refractivity (Wildman–Crippen MR) is 109 cm³/mol. The molecule has 1 heterocycles. The summed E-state index contributed by atoms with van der Waals surface area (Å²) in [6.45, 7) is 0. The van der Waals surface area contributed by atoms with Gasteiger partial charge >= 0.3 is 0 Å². The fraction of sp³-hybridized carbons (Fsp3) is 0.211. The molecule has 0 spiro atoms. The molecule has 0 aromatic heterocycles. The van der Waals surface area contributed by atoms with Crippen LogP contribution >= 0.6 is 11.8 Å². The molecule has 0 aliphatic carbocycles. The molecule has 0 bridgehead atoms. The predicted octanol–water partition coefficient (Wildman–Crippen LogP) is 3.03. The topological polar surface area (TPSA) is 120 Å². The van der Waals surface area contributed by atoms with E-state index in [1.54, 1.807) is 31.4 Å². The average molecular weight is 415 g/mol. The summed E-state index contributed by atoms with van der Waals surface area (Å²) in [5, 5.41) is 13.5. The van der Waals surface area contributed by atoms with Crippen LogP contribution in [0.5, 0.6) is 11.5 Å². The van der Waals surface area contributed by atoms with Gasteiger partial charge in [-0.15, -0.1) is 0 Å². The number of ether oxygens (including phenoxy) is 2. The summed E-state index contributed by atoms with van der Waals surface area (Å²) in [6.07, 6.45) is -0.163. The summed E-state index contributed by atoms with van der Waals surface area (Å²) in [5.41, 5.74) is 0.456. The lowest BCUT2D eigenvalue weighted by atomic mass is 10.2. The lowest BCUT2D eigenvalue weighted by Crippen LogP contribution is -2.21. The molecular formula is C19H17N3O6S. The van der Waals surface area contributed by atoms with Crippen LogP contribution < -0.4 is 14.8 Å². The zero-order valence-electron chi connectivity index (χ0n) is 15.6. The van der Waals surface area contributed by atoms with Crippen molar-refractivity contribution in [3.8, 4) is 11.5 Å². The number of thioether (sulfide) groups is 1. The van der Waals surface area contributed by atoms with Gasteiger partial charge in [0.1, 0.15) is 27.5 Å². The van der Waals surface area contributed by atoms with Crippen molar-refractivity contribution in [2.45, 2.75) is 11.7 Å². The first-order valence-electron chi connectivity index (χ1n) is 8.47. The molecule has 3 rings (SSSR count). The summed E-state index contributed by atoms with van der Waals surface area (Å²) >= 11 is 1.18. The van der Waals surface area contributed by atoms with Crippen molar-refractivity contribution in [2.75, 3.05) is 19.5 Å². The van der Waals surface area contributed by atoms with E-state index in [9.17, 15) is 19.7 Å². The minimum atomic E-state index is -0.700. The maximum absolute atomic E-state index is 12.4. The van der Waals surface area contributed by atoms with Crippen LogP contribution in [0.2, 0.25) is 0 Å². The van der Waals surface area contributed by atoms with Crippen molar-refractivity contribution in [1.82, 2.24) is 0 Å². The molecule has 1 atom stereocenters. The molecule has 2 aromatic rings. The molecule has 1 aliphatic rings. The third-order valence-corrected chi connectivity index (χ3v) is 5.31. The highest BCUT2D eigenvalue weighted by Gasteiger charge is 2.31. The van der Waals surface area contributed by atoms with Gasteiger partial charge in [0, 0.05) is 12.0 Å². The number of carbonyl (C=O) groups excluding carboxylic acids is 2. The number of nitrogens with one attached hydrogen (secondary N) is 1. The van der Waals surface area contributed by atoms with Crippen LogP contribution in [0.3, 0.4) is 0 Å². The SMILES string of the molecule is COc1cccc(C2=NC(=O)C(CC(=O)Nc3ccc(OC)cc3[N+](=O)[O-])S2)c1. The van der Waals surface area contributed by atoms with E-state index in [0.29, 0.717) is 16.5 Å². The lowest BCUT2D eigenvalue weighted by Gasteiger charge is -2.10. The largest absolute Gasteiger partial charge is 0.497 e. The van der Waals surface area contributed by atoms with Crippen LogP contribution in [-0.2, 0) is 9.59 Å². The molecule has 29 heavy (non-hydrogen) atoms. The van der Waals surface area contributed by atoms with Crippen LogP contribution in [0, 0.1) is 10.1 Å². The van der Waals surface area contributed by atoms with Gasteiger partial charge in [0.15, 0.2) is 0 Å². The van der Waals surface area contributed by atoms with Crippen LogP contribution in [0.25, 0.3) is 0 Å². The molecule has 1 unspecified atom stereocenters. The van der Waals surface area contributed by atoms with E-state index in [0.717, 1.165) is 5.56 Å². The van der Waals surface area contributed by atoms with Gasteiger partial charge in [0.2, 0.25) is 5.91 Å². The average Bonchev–Trinajstić information content (AvgIpc) is 3.08. The number of hydrogen-bond acceptors (Lipinski definition) is 7. The number of nitro groups is 1. The van der Waals surface area contributed by atoms with E-state index < -0.39 is 22.0 Å². The second kappa shape index (κ2) is 8.74. The Morgan fingerprint density at radius 3 is 2.62 bits per heavy atom.